The Kier molecular flexibility index (Phi) is 4.63. The average Bonchev–Trinajstić information content (AvgIpc) is 2.14. The SMILES string of the molecule is CC(CN=C(N)N)(CC(N)C(=O)O)[N+](=O)[O-]. The minimum atomic E-state index is -1.60. The Morgan fingerprint density at radius 3 is 2.44 bits per heavy atom. The number of carbonyl (C=O) groups is 1. The molecule has 0 aliphatic carbocycles. The molecule has 16 heavy (non-hydrogen) atoms. The molecule has 0 amide bonds. The van der Waals surface area contributed by atoms with E-state index in [0.717, 1.165) is 0 Å². The number of aliphatic imine (C=N–C) groups is 1. The Bertz CT molecular complexity index is 314. The first-order valence-electron chi connectivity index (χ1n) is 4.37. The molecule has 2 unspecified atom stereocenters. The van der Waals surface area contributed by atoms with E-state index in [4.69, 9.17) is 22.3 Å². The fourth-order valence-corrected chi connectivity index (χ4v) is 1.02. The van der Waals surface area contributed by atoms with Crippen LogP contribution < -0.4 is 17.2 Å². The summed E-state index contributed by atoms with van der Waals surface area (Å²) in [5.74, 6) is -1.60. The Morgan fingerprint density at radius 1 is 1.62 bits per heavy atom. The van der Waals surface area contributed by atoms with Gasteiger partial charge in [0, 0.05) is 18.3 Å². The van der Waals surface area contributed by atoms with Crippen molar-refractivity contribution in [3.05, 3.63) is 10.1 Å². The van der Waals surface area contributed by atoms with Crippen molar-refractivity contribution in [3.8, 4) is 0 Å². The van der Waals surface area contributed by atoms with E-state index in [1.54, 1.807) is 0 Å². The van der Waals surface area contributed by atoms with Gasteiger partial charge in [0.15, 0.2) is 5.96 Å². The summed E-state index contributed by atoms with van der Waals surface area (Å²) in [6.45, 7) is 0.922. The smallest absolute Gasteiger partial charge is 0.320 e. The van der Waals surface area contributed by atoms with Crippen molar-refractivity contribution >= 4 is 11.9 Å². The monoisotopic (exact) mass is 233 g/mol. The molecule has 2 atom stereocenters. The van der Waals surface area contributed by atoms with Gasteiger partial charge in [-0.2, -0.15) is 0 Å². The highest BCUT2D eigenvalue weighted by molar-refractivity contribution is 5.75. The van der Waals surface area contributed by atoms with Gasteiger partial charge in [0.2, 0.25) is 5.54 Å². The Morgan fingerprint density at radius 2 is 2.12 bits per heavy atom. The molecule has 0 radical (unpaired) electrons. The van der Waals surface area contributed by atoms with E-state index < -0.39 is 22.5 Å². The van der Waals surface area contributed by atoms with Crippen molar-refractivity contribution in [3.63, 3.8) is 0 Å². The number of nitrogens with zero attached hydrogens (tertiary/aromatic N) is 2. The van der Waals surface area contributed by atoms with E-state index in [2.05, 4.69) is 4.99 Å². The van der Waals surface area contributed by atoms with Crippen LogP contribution >= 0.6 is 0 Å². The van der Waals surface area contributed by atoms with Crippen molar-refractivity contribution in [1.82, 2.24) is 0 Å². The van der Waals surface area contributed by atoms with Crippen LogP contribution in [0.3, 0.4) is 0 Å². The number of aliphatic carboxylic acids is 1. The quantitative estimate of drug-likeness (QED) is 0.179. The zero-order valence-corrected chi connectivity index (χ0v) is 8.79. The van der Waals surface area contributed by atoms with Crippen molar-refractivity contribution in [2.45, 2.75) is 24.9 Å². The lowest BCUT2D eigenvalue weighted by molar-refractivity contribution is -0.563. The van der Waals surface area contributed by atoms with Crippen LogP contribution in [-0.2, 0) is 4.79 Å². The summed E-state index contributed by atoms with van der Waals surface area (Å²) in [5, 5.41) is 19.4. The number of carboxylic acids is 1. The fraction of sp³-hybridized carbons (Fsp3) is 0.714. The number of guanidine groups is 1. The summed E-state index contributed by atoms with van der Waals surface area (Å²) in [6, 6.07) is -1.33. The third kappa shape index (κ3) is 4.09. The summed E-state index contributed by atoms with van der Waals surface area (Å²) in [7, 11) is 0. The molecular formula is C7H15N5O4. The number of hydrogen-bond donors (Lipinski definition) is 4. The molecule has 0 rings (SSSR count). The van der Waals surface area contributed by atoms with Crippen LogP contribution in [0.2, 0.25) is 0 Å². The van der Waals surface area contributed by atoms with Crippen LogP contribution in [0.4, 0.5) is 0 Å². The molecule has 9 nitrogen and oxygen atoms in total. The Labute approximate surface area is 91.5 Å². The molecule has 0 saturated heterocycles. The maximum atomic E-state index is 10.8. The van der Waals surface area contributed by atoms with Gasteiger partial charge in [0.1, 0.15) is 12.6 Å². The molecule has 0 spiro atoms. The minimum absolute atomic E-state index is 0.294. The van der Waals surface area contributed by atoms with Gasteiger partial charge in [0.25, 0.3) is 0 Å². The van der Waals surface area contributed by atoms with Crippen molar-refractivity contribution in [2.24, 2.45) is 22.2 Å². The molecule has 0 fully saturated rings. The molecule has 0 aromatic rings. The lowest BCUT2D eigenvalue weighted by atomic mass is 9.94. The first-order valence-corrected chi connectivity index (χ1v) is 4.37. The Hall–Kier alpha value is -1.90. The van der Waals surface area contributed by atoms with Gasteiger partial charge in [-0.05, 0) is 0 Å². The number of rotatable bonds is 6. The van der Waals surface area contributed by atoms with Crippen molar-refractivity contribution in [1.29, 1.82) is 0 Å². The summed E-state index contributed by atoms with van der Waals surface area (Å²) in [6.07, 6.45) is -0.355. The largest absolute Gasteiger partial charge is 0.480 e. The summed E-state index contributed by atoms with van der Waals surface area (Å²) < 4.78 is 0. The summed E-state index contributed by atoms with van der Waals surface area (Å²) >= 11 is 0. The predicted octanol–water partition coefficient (Wildman–Crippen LogP) is -1.90. The topological polar surface area (TPSA) is 171 Å². The molecular weight excluding hydrogens is 218 g/mol. The van der Waals surface area contributed by atoms with Crippen LogP contribution in [0.5, 0.6) is 0 Å². The number of carboxylic acid groups (broad SMARTS) is 1. The van der Waals surface area contributed by atoms with E-state index in [-0.39, 0.29) is 18.9 Å². The molecule has 7 N–H and O–H groups in total. The molecule has 92 valence electrons. The van der Waals surface area contributed by atoms with E-state index in [9.17, 15) is 14.9 Å². The third-order valence-electron chi connectivity index (χ3n) is 2.02. The van der Waals surface area contributed by atoms with Crippen LogP contribution in [0.15, 0.2) is 4.99 Å². The second kappa shape index (κ2) is 5.26. The Balaban J connectivity index is 4.77. The van der Waals surface area contributed by atoms with Gasteiger partial charge in [-0.1, -0.05) is 0 Å². The number of nitro groups is 1. The third-order valence-corrected chi connectivity index (χ3v) is 2.02. The molecule has 0 heterocycles. The first kappa shape index (κ1) is 14.1. The summed E-state index contributed by atoms with van der Waals surface area (Å²) in [5.41, 5.74) is 13.7. The van der Waals surface area contributed by atoms with Gasteiger partial charge < -0.3 is 22.3 Å². The minimum Gasteiger partial charge on any atom is -0.480 e. The molecule has 0 aliphatic rings. The molecule has 0 aliphatic heterocycles. The van der Waals surface area contributed by atoms with Gasteiger partial charge in [-0.25, -0.2) is 4.99 Å². The maximum Gasteiger partial charge on any atom is 0.320 e. The predicted molar refractivity (Wildman–Crippen MR) is 56.3 cm³/mol. The molecule has 0 aromatic heterocycles. The lowest BCUT2D eigenvalue weighted by Crippen LogP contribution is -2.47. The second-order valence-corrected chi connectivity index (χ2v) is 3.64. The zero-order chi connectivity index (χ0) is 12.9. The first-order chi connectivity index (χ1) is 7.19. The molecule has 9 heteroatoms. The standard InChI is InChI=1S/C7H15N5O4/c1-7(12(15)16,3-11-6(9)10)2-4(8)5(13)14/h4H,2-3,8H2,1H3,(H,13,14)(H4,9,10,11). The van der Waals surface area contributed by atoms with E-state index >= 15 is 0 Å². The zero-order valence-electron chi connectivity index (χ0n) is 8.79. The number of hydrogen-bond acceptors (Lipinski definition) is 5. The van der Waals surface area contributed by atoms with Gasteiger partial charge in [-0.15, -0.1) is 0 Å². The van der Waals surface area contributed by atoms with Crippen molar-refractivity contribution in [2.75, 3.05) is 6.54 Å². The normalized spacial score (nSPS) is 15.9. The van der Waals surface area contributed by atoms with Crippen LogP contribution in [0.25, 0.3) is 0 Å². The highest BCUT2D eigenvalue weighted by Crippen LogP contribution is 2.16. The molecule has 0 bridgehead atoms. The fourth-order valence-electron chi connectivity index (χ4n) is 1.02. The second-order valence-electron chi connectivity index (χ2n) is 3.64. The van der Waals surface area contributed by atoms with E-state index in [0.29, 0.717) is 0 Å². The van der Waals surface area contributed by atoms with Gasteiger partial charge >= 0.3 is 5.97 Å². The van der Waals surface area contributed by atoms with Gasteiger partial charge in [-0.3, -0.25) is 14.9 Å². The average molecular weight is 233 g/mol. The number of nitrogens with two attached hydrogens (primary N) is 3. The maximum absolute atomic E-state index is 10.8. The summed E-state index contributed by atoms with van der Waals surface area (Å²) in [4.78, 5) is 24.2. The highest BCUT2D eigenvalue weighted by atomic mass is 16.6. The van der Waals surface area contributed by atoms with E-state index in [1.807, 2.05) is 0 Å². The lowest BCUT2D eigenvalue weighted by Gasteiger charge is -2.20. The van der Waals surface area contributed by atoms with Crippen LogP contribution in [0, 0.1) is 10.1 Å². The van der Waals surface area contributed by atoms with Crippen molar-refractivity contribution < 1.29 is 14.8 Å². The molecule has 0 saturated carbocycles. The van der Waals surface area contributed by atoms with Crippen LogP contribution in [0.1, 0.15) is 13.3 Å². The molecule has 0 aromatic carbocycles. The van der Waals surface area contributed by atoms with Gasteiger partial charge in [0.05, 0.1) is 0 Å². The van der Waals surface area contributed by atoms with Crippen LogP contribution in [-0.4, -0.2) is 40.1 Å². The van der Waals surface area contributed by atoms with E-state index in [1.165, 1.54) is 6.92 Å². The highest BCUT2D eigenvalue weighted by Gasteiger charge is 2.40.